The minimum Gasteiger partial charge on any atom is -0.399 e. The van der Waals surface area contributed by atoms with Gasteiger partial charge in [0.25, 0.3) is 0 Å². The van der Waals surface area contributed by atoms with E-state index in [2.05, 4.69) is 48.5 Å². The Bertz CT molecular complexity index is 812. The van der Waals surface area contributed by atoms with Crippen LogP contribution >= 0.6 is 0 Å². The lowest BCUT2D eigenvalue weighted by molar-refractivity contribution is 0.443. The van der Waals surface area contributed by atoms with Crippen molar-refractivity contribution in [3.05, 3.63) is 95.1 Å². The van der Waals surface area contributed by atoms with Crippen LogP contribution in [0.4, 0.5) is 11.4 Å². The van der Waals surface area contributed by atoms with Gasteiger partial charge in [-0.05, 0) is 65.3 Å². The quantitative estimate of drug-likeness (QED) is 0.440. The van der Waals surface area contributed by atoms with Gasteiger partial charge in [-0.3, -0.25) is 0 Å². The highest BCUT2D eigenvalue weighted by atomic mass is 14.5. The van der Waals surface area contributed by atoms with E-state index < -0.39 is 0 Å². The standard InChI is InChI=1S/C25H28N2/c26-23-14-10-21(11-15-23)25(22-12-16-24(27)17-13-22)20-8-6-19(7-9-20)18-4-2-1-3-5-18/h6-18,25H,1-5,26-27H2. The fourth-order valence-corrected chi connectivity index (χ4v) is 4.35. The molecule has 27 heavy (non-hydrogen) atoms. The summed E-state index contributed by atoms with van der Waals surface area (Å²) in [7, 11) is 0. The first-order valence-electron chi connectivity index (χ1n) is 10.0. The molecule has 3 aromatic carbocycles. The lowest BCUT2D eigenvalue weighted by atomic mass is 9.81. The van der Waals surface area contributed by atoms with Gasteiger partial charge in [0, 0.05) is 17.3 Å². The summed E-state index contributed by atoms with van der Waals surface area (Å²) < 4.78 is 0. The minimum atomic E-state index is 0.187. The topological polar surface area (TPSA) is 52.0 Å². The van der Waals surface area contributed by atoms with Gasteiger partial charge >= 0.3 is 0 Å². The van der Waals surface area contributed by atoms with E-state index >= 15 is 0 Å². The predicted molar refractivity (Wildman–Crippen MR) is 115 cm³/mol. The van der Waals surface area contributed by atoms with E-state index in [1.54, 1.807) is 0 Å². The number of nitrogens with two attached hydrogens (primary N) is 2. The number of rotatable bonds is 4. The third-order valence-electron chi connectivity index (χ3n) is 5.89. The summed E-state index contributed by atoms with van der Waals surface area (Å²) in [5, 5.41) is 0. The van der Waals surface area contributed by atoms with Gasteiger partial charge in [-0.15, -0.1) is 0 Å². The Labute approximate surface area is 162 Å². The van der Waals surface area contributed by atoms with Gasteiger partial charge in [-0.1, -0.05) is 67.8 Å². The second-order valence-corrected chi connectivity index (χ2v) is 7.77. The normalized spacial score (nSPS) is 15.1. The molecule has 0 aromatic heterocycles. The Morgan fingerprint density at radius 1 is 0.556 bits per heavy atom. The molecule has 0 heterocycles. The zero-order valence-corrected chi connectivity index (χ0v) is 15.8. The first-order chi connectivity index (χ1) is 13.2. The molecule has 2 nitrogen and oxygen atoms in total. The van der Waals surface area contributed by atoms with Crippen LogP contribution in [-0.2, 0) is 0 Å². The molecule has 1 saturated carbocycles. The molecular weight excluding hydrogens is 328 g/mol. The van der Waals surface area contributed by atoms with Gasteiger partial charge < -0.3 is 11.5 Å². The van der Waals surface area contributed by atoms with Crippen LogP contribution in [0.5, 0.6) is 0 Å². The molecule has 0 atom stereocenters. The summed E-state index contributed by atoms with van der Waals surface area (Å²) >= 11 is 0. The monoisotopic (exact) mass is 356 g/mol. The number of anilines is 2. The lowest BCUT2D eigenvalue weighted by Gasteiger charge is -2.23. The van der Waals surface area contributed by atoms with Gasteiger partial charge in [0.05, 0.1) is 0 Å². The van der Waals surface area contributed by atoms with Crippen molar-refractivity contribution >= 4 is 11.4 Å². The van der Waals surface area contributed by atoms with Crippen LogP contribution in [-0.4, -0.2) is 0 Å². The van der Waals surface area contributed by atoms with Crippen molar-refractivity contribution in [1.82, 2.24) is 0 Å². The Balaban J connectivity index is 1.69. The molecule has 1 aliphatic rings. The summed E-state index contributed by atoms with van der Waals surface area (Å²) in [4.78, 5) is 0. The predicted octanol–water partition coefficient (Wildman–Crippen LogP) is 6.08. The van der Waals surface area contributed by atoms with Crippen molar-refractivity contribution in [3.63, 3.8) is 0 Å². The zero-order valence-electron chi connectivity index (χ0n) is 15.8. The van der Waals surface area contributed by atoms with Crippen LogP contribution in [0.25, 0.3) is 0 Å². The summed E-state index contributed by atoms with van der Waals surface area (Å²) in [6.07, 6.45) is 6.79. The number of nitrogen functional groups attached to an aromatic ring is 2. The molecule has 1 aliphatic carbocycles. The van der Waals surface area contributed by atoms with Crippen LogP contribution in [0.2, 0.25) is 0 Å². The highest BCUT2D eigenvalue weighted by molar-refractivity contribution is 5.50. The molecule has 1 fully saturated rings. The van der Waals surface area contributed by atoms with Crippen LogP contribution in [0.3, 0.4) is 0 Å². The molecule has 3 aromatic rings. The average Bonchev–Trinajstić information content (AvgIpc) is 2.72. The van der Waals surface area contributed by atoms with E-state index in [4.69, 9.17) is 11.5 Å². The molecular formula is C25H28N2. The second-order valence-electron chi connectivity index (χ2n) is 7.77. The molecule has 4 rings (SSSR count). The SMILES string of the molecule is Nc1ccc(C(c2ccc(N)cc2)c2ccc(C3CCCCC3)cc2)cc1. The Morgan fingerprint density at radius 3 is 1.41 bits per heavy atom. The van der Waals surface area contributed by atoms with Crippen molar-refractivity contribution in [2.24, 2.45) is 0 Å². The fourth-order valence-electron chi connectivity index (χ4n) is 4.35. The van der Waals surface area contributed by atoms with Crippen molar-refractivity contribution < 1.29 is 0 Å². The number of hydrogen-bond acceptors (Lipinski definition) is 2. The zero-order chi connectivity index (χ0) is 18.6. The highest BCUT2D eigenvalue weighted by Crippen LogP contribution is 2.36. The molecule has 0 saturated heterocycles. The van der Waals surface area contributed by atoms with E-state index in [0.717, 1.165) is 17.3 Å². The molecule has 4 N–H and O–H groups in total. The summed E-state index contributed by atoms with van der Waals surface area (Å²) in [6, 6.07) is 25.7. The molecule has 0 unspecified atom stereocenters. The Kier molecular flexibility index (Phi) is 5.15. The van der Waals surface area contributed by atoms with E-state index in [-0.39, 0.29) is 5.92 Å². The molecule has 0 radical (unpaired) electrons. The molecule has 0 bridgehead atoms. The first-order valence-corrected chi connectivity index (χ1v) is 10.0. The maximum absolute atomic E-state index is 5.91. The first kappa shape index (κ1) is 17.7. The van der Waals surface area contributed by atoms with Crippen LogP contribution < -0.4 is 11.5 Å². The smallest absolute Gasteiger partial charge is 0.0340 e. The molecule has 0 amide bonds. The maximum atomic E-state index is 5.91. The molecule has 0 aliphatic heterocycles. The average molecular weight is 357 g/mol. The molecule has 0 spiro atoms. The summed E-state index contributed by atoms with van der Waals surface area (Å²) in [6.45, 7) is 0. The highest BCUT2D eigenvalue weighted by Gasteiger charge is 2.19. The van der Waals surface area contributed by atoms with E-state index in [1.807, 2.05) is 24.3 Å². The molecule has 138 valence electrons. The summed E-state index contributed by atoms with van der Waals surface area (Å²) in [5.74, 6) is 0.922. The van der Waals surface area contributed by atoms with Crippen LogP contribution in [0.15, 0.2) is 72.8 Å². The van der Waals surface area contributed by atoms with E-state index in [9.17, 15) is 0 Å². The summed E-state index contributed by atoms with van der Waals surface area (Å²) in [5.41, 5.74) is 18.7. The maximum Gasteiger partial charge on any atom is 0.0340 e. The number of benzene rings is 3. The van der Waals surface area contributed by atoms with Gasteiger partial charge in [0.15, 0.2) is 0 Å². The van der Waals surface area contributed by atoms with Gasteiger partial charge in [-0.25, -0.2) is 0 Å². The van der Waals surface area contributed by atoms with Crippen molar-refractivity contribution in [2.75, 3.05) is 11.5 Å². The van der Waals surface area contributed by atoms with Gasteiger partial charge in [-0.2, -0.15) is 0 Å². The fraction of sp³-hybridized carbons (Fsp3) is 0.280. The van der Waals surface area contributed by atoms with E-state index in [1.165, 1.54) is 54.4 Å². The number of hydrogen-bond donors (Lipinski definition) is 2. The Morgan fingerprint density at radius 2 is 0.963 bits per heavy atom. The third kappa shape index (κ3) is 4.00. The largest absolute Gasteiger partial charge is 0.399 e. The van der Waals surface area contributed by atoms with Crippen molar-refractivity contribution in [3.8, 4) is 0 Å². The van der Waals surface area contributed by atoms with Crippen molar-refractivity contribution in [1.29, 1.82) is 0 Å². The van der Waals surface area contributed by atoms with Crippen LogP contribution in [0.1, 0.15) is 66.2 Å². The molecule has 2 heteroatoms. The second kappa shape index (κ2) is 7.87. The van der Waals surface area contributed by atoms with Gasteiger partial charge in [0.1, 0.15) is 0 Å². The third-order valence-corrected chi connectivity index (χ3v) is 5.89. The van der Waals surface area contributed by atoms with Crippen LogP contribution in [0, 0.1) is 0 Å². The van der Waals surface area contributed by atoms with Crippen molar-refractivity contribution in [2.45, 2.75) is 43.9 Å². The van der Waals surface area contributed by atoms with Gasteiger partial charge in [0.2, 0.25) is 0 Å². The van der Waals surface area contributed by atoms with E-state index in [0.29, 0.717) is 0 Å². The minimum absolute atomic E-state index is 0.187. The Hall–Kier alpha value is -2.74. The lowest BCUT2D eigenvalue weighted by Crippen LogP contribution is -2.06.